The fourth-order valence-corrected chi connectivity index (χ4v) is 36.0. The van der Waals surface area contributed by atoms with Crippen molar-refractivity contribution in [2.24, 2.45) is 10.8 Å². The fraction of sp³-hybridized carbons (Fsp3) is 0.375. The first-order valence-corrected chi connectivity index (χ1v) is 23.1. The predicted molar refractivity (Wildman–Crippen MR) is 148 cm³/mol. The first kappa shape index (κ1) is 31.3. The summed E-state index contributed by atoms with van der Waals surface area (Å²) in [6, 6.07) is 23.1. The Labute approximate surface area is 240 Å². The SMILES string of the molecule is CC1=[C]([Hf+2]([C]2=C(C)C=C(C(C)(C)C)C2)=[Si](c2ccccc2)c2ccccc2)CC(C(C)(C)C)=C1.[Cl-].[Cl-]. The van der Waals surface area contributed by atoms with Gasteiger partial charge in [-0.1, -0.05) is 0 Å². The molecule has 2 aromatic carbocycles. The Morgan fingerprint density at radius 2 is 0.917 bits per heavy atom. The zero-order valence-corrected chi connectivity index (χ0v) is 29.2. The zero-order valence-electron chi connectivity index (χ0n) is 23.1. The molecule has 0 heterocycles. The minimum Gasteiger partial charge on any atom is -1.00 e. The van der Waals surface area contributed by atoms with Gasteiger partial charge in [0, 0.05) is 0 Å². The number of hydrogen-bond donors (Lipinski definition) is 0. The van der Waals surface area contributed by atoms with Gasteiger partial charge >= 0.3 is 217 Å². The molecule has 2 aromatic rings. The molecule has 0 atom stereocenters. The molecular weight excluding hydrogens is 662 g/mol. The predicted octanol–water partition coefficient (Wildman–Crippen LogP) is 1.72. The van der Waals surface area contributed by atoms with E-state index in [1.54, 1.807) is 32.7 Å². The average molecular weight is 702 g/mol. The largest absolute Gasteiger partial charge is 1.00 e. The number of benzene rings is 2. The normalized spacial score (nSPS) is 15.5. The van der Waals surface area contributed by atoms with Crippen molar-refractivity contribution < 1.29 is 44.9 Å². The van der Waals surface area contributed by atoms with E-state index in [4.69, 9.17) is 0 Å². The molecule has 2 aliphatic rings. The Balaban J connectivity index is 0.00000228. The number of hydrogen-bond acceptors (Lipinski definition) is 0. The molecule has 0 spiro atoms. The molecule has 0 fully saturated rings. The van der Waals surface area contributed by atoms with Crippen LogP contribution < -0.4 is 35.2 Å². The van der Waals surface area contributed by atoms with Crippen molar-refractivity contribution in [1.29, 1.82) is 0 Å². The molecule has 0 unspecified atom stereocenters. The van der Waals surface area contributed by atoms with Crippen LogP contribution in [-0.4, -0.2) is 5.49 Å². The first-order valence-electron chi connectivity index (χ1n) is 12.6. The Morgan fingerprint density at radius 1 is 0.583 bits per heavy atom. The van der Waals surface area contributed by atoms with Crippen LogP contribution in [0.3, 0.4) is 0 Å². The minimum atomic E-state index is -2.52. The summed E-state index contributed by atoms with van der Waals surface area (Å²) in [7, 11) is 0. The maximum absolute atomic E-state index is 2.55. The van der Waals surface area contributed by atoms with E-state index < -0.39 is 25.6 Å². The van der Waals surface area contributed by atoms with E-state index >= 15 is 0 Å². The van der Waals surface area contributed by atoms with E-state index in [2.05, 4.69) is 128 Å². The monoisotopic (exact) mass is 702 g/mol. The molecule has 0 amide bonds. The molecule has 0 aromatic heterocycles. The van der Waals surface area contributed by atoms with Gasteiger partial charge in [0.2, 0.25) is 0 Å². The summed E-state index contributed by atoms with van der Waals surface area (Å²) < 4.78 is 3.74. The summed E-state index contributed by atoms with van der Waals surface area (Å²) in [6.45, 7) is 19.2. The Morgan fingerprint density at radius 3 is 1.19 bits per heavy atom. The van der Waals surface area contributed by atoms with Gasteiger partial charge in [-0.15, -0.1) is 0 Å². The van der Waals surface area contributed by atoms with Crippen molar-refractivity contribution in [3.63, 3.8) is 0 Å². The molecule has 0 bridgehead atoms. The van der Waals surface area contributed by atoms with Gasteiger partial charge in [0.25, 0.3) is 0 Å². The first-order chi connectivity index (χ1) is 16.0. The van der Waals surface area contributed by atoms with Crippen molar-refractivity contribution in [3.8, 4) is 0 Å². The van der Waals surface area contributed by atoms with E-state index in [0.29, 0.717) is 0 Å². The van der Waals surface area contributed by atoms with Gasteiger partial charge < -0.3 is 24.8 Å². The third-order valence-electron chi connectivity index (χ3n) is 7.37. The van der Waals surface area contributed by atoms with Crippen molar-refractivity contribution in [1.82, 2.24) is 0 Å². The van der Waals surface area contributed by atoms with Crippen LogP contribution in [0.15, 0.2) is 102 Å². The maximum atomic E-state index is 2.55. The summed E-state index contributed by atoms with van der Waals surface area (Å²) >= 11 is -2.52. The van der Waals surface area contributed by atoms with Gasteiger partial charge in [-0.2, -0.15) is 0 Å². The molecule has 0 saturated carbocycles. The van der Waals surface area contributed by atoms with E-state index in [9.17, 15) is 0 Å². The van der Waals surface area contributed by atoms with E-state index in [1.165, 1.54) is 12.8 Å². The molecule has 36 heavy (non-hydrogen) atoms. The second-order valence-corrected chi connectivity index (χ2v) is 30.4. The topological polar surface area (TPSA) is 0 Å². The van der Waals surface area contributed by atoms with Crippen molar-refractivity contribution in [2.45, 2.75) is 68.2 Å². The summed E-state index contributed by atoms with van der Waals surface area (Å²) in [5.74, 6) is 0. The van der Waals surface area contributed by atoms with Crippen molar-refractivity contribution >= 4 is 15.9 Å². The van der Waals surface area contributed by atoms with Crippen LogP contribution in [-0.2, 0) is 20.1 Å². The Kier molecular flexibility index (Phi) is 10.7. The van der Waals surface area contributed by atoms with Crippen LogP contribution in [0.25, 0.3) is 0 Å². The summed E-state index contributed by atoms with van der Waals surface area (Å²) in [4.78, 5) is 0. The van der Waals surface area contributed by atoms with Crippen LogP contribution >= 0.6 is 0 Å². The molecule has 0 nitrogen and oxygen atoms in total. The molecule has 2 aliphatic carbocycles. The molecule has 190 valence electrons. The minimum absolute atomic E-state index is 0. The van der Waals surface area contributed by atoms with Gasteiger partial charge in [0.05, 0.1) is 0 Å². The summed E-state index contributed by atoms with van der Waals surface area (Å²) in [6.07, 6.45) is 7.51. The van der Waals surface area contributed by atoms with Gasteiger partial charge in [-0.3, -0.25) is 0 Å². The number of allylic oxidation sites excluding steroid dienone is 8. The quantitative estimate of drug-likeness (QED) is 0.427. The standard InChI is InChI=1S/C12H10Si.2C10H15.2ClH.Hf/c1-3-7-11(8-4-1)13-12-9-5-2-6-10-12;2*1-8-5-6-9(7-8)10(2,3)4;;;/h1-10H;2*7H,6H2,1-4H3;2*1H;/q;;;;;+2/p-2. The van der Waals surface area contributed by atoms with E-state index in [0.717, 1.165) is 0 Å². The molecule has 0 aliphatic heterocycles. The fourth-order valence-electron chi connectivity index (χ4n) is 5.14. The third kappa shape index (κ3) is 6.73. The van der Waals surface area contributed by atoms with Gasteiger partial charge in [-0.05, 0) is 0 Å². The molecule has 4 heteroatoms. The Hall–Kier alpha value is -0.933. The van der Waals surface area contributed by atoms with Crippen molar-refractivity contribution in [3.05, 3.63) is 102 Å². The Bertz CT molecular complexity index is 1150. The number of rotatable bonds is 4. The second-order valence-electron chi connectivity index (χ2n) is 12.0. The van der Waals surface area contributed by atoms with Gasteiger partial charge in [0.15, 0.2) is 0 Å². The van der Waals surface area contributed by atoms with Crippen LogP contribution in [0.4, 0.5) is 0 Å². The van der Waals surface area contributed by atoms with Crippen molar-refractivity contribution in [2.75, 3.05) is 0 Å². The molecule has 0 N–H and O–H groups in total. The number of halogens is 2. The smallest absolute Gasteiger partial charge is 1.00 e. The van der Waals surface area contributed by atoms with Crippen LogP contribution in [0.5, 0.6) is 0 Å². The van der Waals surface area contributed by atoms with Crippen LogP contribution in [0, 0.1) is 10.8 Å². The van der Waals surface area contributed by atoms with E-state index in [1.807, 2.05) is 6.66 Å². The molecular formula is C32H40Cl2HfSi. The zero-order chi connectivity index (χ0) is 24.7. The maximum Gasteiger partial charge on any atom is -1.00 e. The van der Waals surface area contributed by atoms with Crippen LogP contribution in [0.1, 0.15) is 68.2 Å². The third-order valence-corrected chi connectivity index (χ3v) is 34.7. The second kappa shape index (κ2) is 12.3. The average Bonchev–Trinajstić information content (AvgIpc) is 3.36. The summed E-state index contributed by atoms with van der Waals surface area (Å²) in [5, 5.41) is 3.21. The molecule has 4 rings (SSSR count). The van der Waals surface area contributed by atoms with Crippen LogP contribution in [0.2, 0.25) is 0 Å². The summed E-state index contributed by atoms with van der Waals surface area (Å²) in [5.41, 5.74) is 6.04. The molecule has 0 saturated heterocycles. The van der Waals surface area contributed by atoms with E-state index in [-0.39, 0.29) is 35.6 Å². The molecule has 0 radical (unpaired) electrons. The van der Waals surface area contributed by atoms with Gasteiger partial charge in [0.1, 0.15) is 0 Å². The van der Waals surface area contributed by atoms with Gasteiger partial charge in [-0.25, -0.2) is 0 Å².